The molecule has 1 heterocycles. The van der Waals surface area contributed by atoms with Gasteiger partial charge in [0, 0.05) is 11.6 Å². The van der Waals surface area contributed by atoms with Crippen molar-refractivity contribution in [3.8, 4) is 0 Å². The first-order chi connectivity index (χ1) is 9.11. The minimum Gasteiger partial charge on any atom is -0.370 e. The number of nitrogens with zero attached hydrogens (tertiary/aromatic N) is 1. The second kappa shape index (κ2) is 6.37. The summed E-state index contributed by atoms with van der Waals surface area (Å²) in [5, 5.41) is 0.695. The van der Waals surface area contributed by atoms with E-state index in [1.807, 2.05) is 31.2 Å². The van der Waals surface area contributed by atoms with Crippen molar-refractivity contribution in [3.63, 3.8) is 0 Å². The molecule has 2 atom stereocenters. The Morgan fingerprint density at radius 1 is 1.53 bits per heavy atom. The molecule has 19 heavy (non-hydrogen) atoms. The molecular formula is C14H19ClN2O2. The number of nitrogens with two attached hydrogens (primary N) is 1. The van der Waals surface area contributed by atoms with Gasteiger partial charge in [0.2, 0.25) is 5.91 Å². The van der Waals surface area contributed by atoms with Crippen molar-refractivity contribution in [3.05, 3.63) is 34.9 Å². The molecule has 4 nitrogen and oxygen atoms in total. The third kappa shape index (κ3) is 3.47. The summed E-state index contributed by atoms with van der Waals surface area (Å²) in [4.78, 5) is 13.9. The van der Waals surface area contributed by atoms with Crippen LogP contribution in [0.4, 0.5) is 0 Å². The van der Waals surface area contributed by atoms with Gasteiger partial charge in [-0.15, -0.1) is 0 Å². The molecule has 1 aliphatic heterocycles. The van der Waals surface area contributed by atoms with Gasteiger partial charge < -0.3 is 15.4 Å². The summed E-state index contributed by atoms with van der Waals surface area (Å²) in [5.41, 5.74) is 6.84. The lowest BCUT2D eigenvalue weighted by Crippen LogP contribution is -2.49. The van der Waals surface area contributed by atoms with Crippen molar-refractivity contribution >= 4 is 17.5 Å². The van der Waals surface area contributed by atoms with Gasteiger partial charge in [-0.3, -0.25) is 4.79 Å². The molecule has 1 aliphatic rings. The lowest BCUT2D eigenvalue weighted by Gasteiger charge is -2.34. The van der Waals surface area contributed by atoms with Crippen LogP contribution < -0.4 is 5.73 Å². The molecule has 0 bridgehead atoms. The summed E-state index contributed by atoms with van der Waals surface area (Å²) in [5.74, 6) is 0.00441. The lowest BCUT2D eigenvalue weighted by atomic mass is 10.1. The van der Waals surface area contributed by atoms with Crippen molar-refractivity contribution in [1.29, 1.82) is 0 Å². The maximum atomic E-state index is 12.1. The molecule has 1 aromatic rings. The minimum atomic E-state index is -0.413. The molecule has 1 saturated heterocycles. The highest BCUT2D eigenvalue weighted by atomic mass is 35.5. The molecule has 2 unspecified atom stereocenters. The van der Waals surface area contributed by atoms with Crippen molar-refractivity contribution < 1.29 is 9.53 Å². The highest BCUT2D eigenvalue weighted by molar-refractivity contribution is 6.30. The molecule has 104 valence electrons. The van der Waals surface area contributed by atoms with Crippen LogP contribution in [0, 0.1) is 0 Å². The Morgan fingerprint density at radius 3 is 2.84 bits per heavy atom. The molecule has 1 fully saturated rings. The Labute approximate surface area is 118 Å². The second-order valence-electron chi connectivity index (χ2n) is 4.71. The Bertz CT molecular complexity index is 436. The highest BCUT2D eigenvalue weighted by Crippen LogP contribution is 2.24. The molecule has 0 saturated carbocycles. The summed E-state index contributed by atoms with van der Waals surface area (Å²) in [6.45, 7) is 3.61. The summed E-state index contributed by atoms with van der Waals surface area (Å²) < 4.78 is 5.72. The minimum absolute atomic E-state index is 0.00441. The molecule has 0 spiro atoms. The summed E-state index contributed by atoms with van der Waals surface area (Å²) in [6.07, 6.45) is 0.556. The van der Waals surface area contributed by atoms with E-state index in [0.717, 1.165) is 5.56 Å². The van der Waals surface area contributed by atoms with Crippen LogP contribution in [0.2, 0.25) is 5.02 Å². The van der Waals surface area contributed by atoms with E-state index >= 15 is 0 Å². The molecular weight excluding hydrogens is 264 g/mol. The Morgan fingerprint density at radius 2 is 2.21 bits per heavy atom. The molecule has 1 amide bonds. The number of ether oxygens (including phenoxy) is 1. The fourth-order valence-corrected chi connectivity index (χ4v) is 2.26. The topological polar surface area (TPSA) is 55.6 Å². The third-order valence-corrected chi connectivity index (χ3v) is 3.63. The number of halogens is 1. The van der Waals surface area contributed by atoms with Gasteiger partial charge in [0.15, 0.2) is 0 Å². The van der Waals surface area contributed by atoms with Gasteiger partial charge in [0.1, 0.15) is 6.10 Å². The fourth-order valence-electron chi connectivity index (χ4n) is 2.14. The van der Waals surface area contributed by atoms with Crippen molar-refractivity contribution in [2.75, 3.05) is 19.7 Å². The first-order valence-electron chi connectivity index (χ1n) is 6.53. The predicted octanol–water partition coefficient (Wildman–Crippen LogP) is 1.98. The van der Waals surface area contributed by atoms with E-state index in [1.54, 1.807) is 4.90 Å². The summed E-state index contributed by atoms with van der Waals surface area (Å²) >= 11 is 5.87. The van der Waals surface area contributed by atoms with Crippen LogP contribution in [0.5, 0.6) is 0 Å². The average molecular weight is 283 g/mol. The predicted molar refractivity (Wildman–Crippen MR) is 75.0 cm³/mol. The highest BCUT2D eigenvalue weighted by Gasteiger charge is 2.27. The number of hydrogen-bond donors (Lipinski definition) is 1. The largest absolute Gasteiger partial charge is 0.370 e. The SMILES string of the molecule is CCC(N)C(=O)N1CCOC(c2ccc(Cl)cc2)C1. The van der Waals surface area contributed by atoms with E-state index in [0.29, 0.717) is 31.1 Å². The van der Waals surface area contributed by atoms with Crippen LogP contribution in [0.3, 0.4) is 0 Å². The zero-order valence-corrected chi connectivity index (χ0v) is 11.8. The zero-order chi connectivity index (χ0) is 13.8. The van der Waals surface area contributed by atoms with Gasteiger partial charge in [-0.05, 0) is 24.1 Å². The van der Waals surface area contributed by atoms with Gasteiger partial charge in [0.05, 0.1) is 19.2 Å². The standard InChI is InChI=1S/C14H19ClN2O2/c1-2-12(16)14(18)17-7-8-19-13(9-17)10-3-5-11(15)6-4-10/h3-6,12-13H,2,7-9,16H2,1H3. The van der Waals surface area contributed by atoms with Gasteiger partial charge in [-0.25, -0.2) is 0 Å². The fraction of sp³-hybridized carbons (Fsp3) is 0.500. The van der Waals surface area contributed by atoms with E-state index in [2.05, 4.69) is 0 Å². The molecule has 1 aromatic carbocycles. The van der Waals surface area contributed by atoms with Crippen molar-refractivity contribution in [2.45, 2.75) is 25.5 Å². The summed E-state index contributed by atoms with van der Waals surface area (Å²) in [6, 6.07) is 7.11. The average Bonchev–Trinajstić information content (AvgIpc) is 2.46. The smallest absolute Gasteiger partial charge is 0.239 e. The number of carbonyl (C=O) groups is 1. The van der Waals surface area contributed by atoms with Crippen LogP contribution in [0.15, 0.2) is 24.3 Å². The zero-order valence-electron chi connectivity index (χ0n) is 11.0. The Hall–Kier alpha value is -1.10. The maximum absolute atomic E-state index is 12.1. The van der Waals surface area contributed by atoms with E-state index in [-0.39, 0.29) is 12.0 Å². The van der Waals surface area contributed by atoms with Crippen LogP contribution >= 0.6 is 11.6 Å². The number of amides is 1. The van der Waals surface area contributed by atoms with Crippen LogP contribution in [-0.4, -0.2) is 36.5 Å². The number of morpholine rings is 1. The summed E-state index contributed by atoms with van der Waals surface area (Å²) in [7, 11) is 0. The third-order valence-electron chi connectivity index (χ3n) is 3.38. The molecule has 2 rings (SSSR count). The number of hydrogen-bond acceptors (Lipinski definition) is 3. The van der Waals surface area contributed by atoms with Gasteiger partial charge in [0.25, 0.3) is 0 Å². The number of benzene rings is 1. The van der Waals surface area contributed by atoms with E-state index < -0.39 is 6.04 Å². The molecule has 0 radical (unpaired) electrons. The normalized spacial score (nSPS) is 21.2. The number of rotatable bonds is 3. The van der Waals surface area contributed by atoms with Crippen LogP contribution in [-0.2, 0) is 9.53 Å². The van der Waals surface area contributed by atoms with E-state index in [9.17, 15) is 4.79 Å². The lowest BCUT2D eigenvalue weighted by molar-refractivity contribution is -0.140. The van der Waals surface area contributed by atoms with Crippen molar-refractivity contribution in [2.24, 2.45) is 5.73 Å². The molecule has 0 aliphatic carbocycles. The van der Waals surface area contributed by atoms with Crippen molar-refractivity contribution in [1.82, 2.24) is 4.90 Å². The Kier molecular flexibility index (Phi) is 4.80. The van der Waals surface area contributed by atoms with E-state index in [1.165, 1.54) is 0 Å². The molecule has 2 N–H and O–H groups in total. The van der Waals surface area contributed by atoms with Gasteiger partial charge >= 0.3 is 0 Å². The number of carbonyl (C=O) groups excluding carboxylic acids is 1. The van der Waals surface area contributed by atoms with E-state index in [4.69, 9.17) is 22.1 Å². The van der Waals surface area contributed by atoms with Crippen LogP contribution in [0.25, 0.3) is 0 Å². The van der Waals surface area contributed by atoms with Gasteiger partial charge in [-0.2, -0.15) is 0 Å². The van der Waals surface area contributed by atoms with Crippen LogP contribution in [0.1, 0.15) is 25.0 Å². The quantitative estimate of drug-likeness (QED) is 0.922. The monoisotopic (exact) mass is 282 g/mol. The Balaban J connectivity index is 2.04. The van der Waals surface area contributed by atoms with Gasteiger partial charge in [-0.1, -0.05) is 30.7 Å². The first-order valence-corrected chi connectivity index (χ1v) is 6.91. The maximum Gasteiger partial charge on any atom is 0.239 e. The molecule has 5 heteroatoms. The second-order valence-corrected chi connectivity index (χ2v) is 5.15. The first kappa shape index (κ1) is 14.3. The molecule has 0 aromatic heterocycles.